The van der Waals surface area contributed by atoms with Crippen LogP contribution >= 0.6 is 0 Å². The molecule has 0 saturated carbocycles. The molecular formula is C19H21NO6. The van der Waals surface area contributed by atoms with Crippen molar-refractivity contribution >= 4 is 17.6 Å². The standard InChI is InChI=1S/C19H21NO6/c1-4-25-14-7-12(8-15(10-14)26-5-2)18(22)20-13-6-11(3)17(21)16(9-13)19(23)24/h6-10,21H,4-5H2,1-3H3,(H,20,22)(H,23,24). The molecule has 0 spiro atoms. The van der Waals surface area contributed by atoms with E-state index in [-0.39, 0.29) is 17.0 Å². The summed E-state index contributed by atoms with van der Waals surface area (Å²) >= 11 is 0. The van der Waals surface area contributed by atoms with Gasteiger partial charge in [-0.1, -0.05) is 0 Å². The summed E-state index contributed by atoms with van der Waals surface area (Å²) in [7, 11) is 0. The average molecular weight is 359 g/mol. The molecule has 7 nitrogen and oxygen atoms in total. The van der Waals surface area contributed by atoms with Crippen LogP contribution in [0, 0.1) is 6.92 Å². The molecule has 2 aromatic rings. The number of carboxylic acids is 1. The second-order valence-corrected chi connectivity index (χ2v) is 5.51. The molecule has 0 saturated heterocycles. The molecule has 1 amide bonds. The number of hydrogen-bond acceptors (Lipinski definition) is 5. The number of carbonyl (C=O) groups is 2. The number of aryl methyl sites for hydroxylation is 1. The third kappa shape index (κ3) is 4.44. The fraction of sp³-hybridized carbons (Fsp3) is 0.263. The summed E-state index contributed by atoms with van der Waals surface area (Å²) in [5.74, 6) is -1.06. The van der Waals surface area contributed by atoms with Crippen LogP contribution in [-0.4, -0.2) is 35.3 Å². The van der Waals surface area contributed by atoms with E-state index in [1.807, 2.05) is 13.8 Å². The fourth-order valence-corrected chi connectivity index (χ4v) is 2.42. The van der Waals surface area contributed by atoms with Crippen LogP contribution in [0.4, 0.5) is 5.69 Å². The van der Waals surface area contributed by atoms with Gasteiger partial charge in [-0.25, -0.2) is 4.79 Å². The highest BCUT2D eigenvalue weighted by Crippen LogP contribution is 2.28. The third-order valence-electron chi connectivity index (χ3n) is 3.55. The van der Waals surface area contributed by atoms with Crippen molar-refractivity contribution in [3.63, 3.8) is 0 Å². The largest absolute Gasteiger partial charge is 0.507 e. The number of aromatic carboxylic acids is 1. The minimum absolute atomic E-state index is 0.266. The van der Waals surface area contributed by atoms with E-state index in [2.05, 4.69) is 5.32 Å². The maximum atomic E-state index is 12.6. The Morgan fingerprint density at radius 1 is 1.00 bits per heavy atom. The van der Waals surface area contributed by atoms with Gasteiger partial charge in [0, 0.05) is 17.3 Å². The number of carboxylic acid groups (broad SMARTS) is 1. The molecule has 2 rings (SSSR count). The van der Waals surface area contributed by atoms with E-state index in [1.165, 1.54) is 12.1 Å². The molecule has 26 heavy (non-hydrogen) atoms. The molecular weight excluding hydrogens is 338 g/mol. The molecule has 7 heteroatoms. The SMILES string of the molecule is CCOc1cc(OCC)cc(C(=O)Nc2cc(C)c(O)c(C(=O)O)c2)c1. The summed E-state index contributed by atoms with van der Waals surface area (Å²) in [5, 5.41) is 21.6. The van der Waals surface area contributed by atoms with E-state index < -0.39 is 11.9 Å². The first-order valence-electron chi connectivity index (χ1n) is 8.14. The number of anilines is 1. The maximum absolute atomic E-state index is 12.6. The van der Waals surface area contributed by atoms with E-state index in [0.29, 0.717) is 35.8 Å². The number of benzene rings is 2. The molecule has 0 aliphatic carbocycles. The Labute approximate surface area is 151 Å². The van der Waals surface area contributed by atoms with Gasteiger partial charge in [0.1, 0.15) is 22.8 Å². The molecule has 0 aromatic heterocycles. The van der Waals surface area contributed by atoms with Crippen LogP contribution in [-0.2, 0) is 0 Å². The van der Waals surface area contributed by atoms with Crippen LogP contribution in [0.15, 0.2) is 30.3 Å². The minimum atomic E-state index is -1.28. The molecule has 138 valence electrons. The monoisotopic (exact) mass is 359 g/mol. The highest BCUT2D eigenvalue weighted by atomic mass is 16.5. The van der Waals surface area contributed by atoms with Crippen LogP contribution in [0.2, 0.25) is 0 Å². The molecule has 0 fully saturated rings. The summed E-state index contributed by atoms with van der Waals surface area (Å²) < 4.78 is 10.9. The van der Waals surface area contributed by atoms with Gasteiger partial charge in [0.2, 0.25) is 0 Å². The lowest BCUT2D eigenvalue weighted by atomic mass is 10.1. The highest BCUT2D eigenvalue weighted by molar-refractivity contribution is 6.05. The molecule has 0 aliphatic rings. The number of amides is 1. The van der Waals surface area contributed by atoms with Gasteiger partial charge in [-0.3, -0.25) is 4.79 Å². The van der Waals surface area contributed by atoms with Gasteiger partial charge >= 0.3 is 5.97 Å². The van der Waals surface area contributed by atoms with Crippen molar-refractivity contribution in [3.8, 4) is 17.2 Å². The lowest BCUT2D eigenvalue weighted by Gasteiger charge is -2.12. The maximum Gasteiger partial charge on any atom is 0.339 e. The quantitative estimate of drug-likeness (QED) is 0.654. The van der Waals surface area contributed by atoms with Crippen LogP contribution in [0.1, 0.15) is 40.1 Å². The van der Waals surface area contributed by atoms with Gasteiger partial charge in [-0.15, -0.1) is 0 Å². The Hall–Kier alpha value is -3.22. The Morgan fingerprint density at radius 3 is 2.08 bits per heavy atom. The smallest absolute Gasteiger partial charge is 0.339 e. The lowest BCUT2D eigenvalue weighted by Crippen LogP contribution is -2.13. The van der Waals surface area contributed by atoms with Gasteiger partial charge in [0.25, 0.3) is 5.91 Å². The molecule has 0 aliphatic heterocycles. The van der Waals surface area contributed by atoms with Crippen molar-refractivity contribution in [2.24, 2.45) is 0 Å². The van der Waals surface area contributed by atoms with Crippen molar-refractivity contribution in [2.75, 3.05) is 18.5 Å². The van der Waals surface area contributed by atoms with Crippen molar-refractivity contribution in [1.29, 1.82) is 0 Å². The topological polar surface area (TPSA) is 105 Å². The molecule has 0 unspecified atom stereocenters. The number of hydrogen-bond donors (Lipinski definition) is 3. The number of rotatable bonds is 7. The zero-order chi connectivity index (χ0) is 19.3. The summed E-state index contributed by atoms with van der Waals surface area (Å²) in [6.45, 7) is 6.10. The second-order valence-electron chi connectivity index (χ2n) is 5.51. The number of carbonyl (C=O) groups excluding carboxylic acids is 1. The van der Waals surface area contributed by atoms with Crippen LogP contribution in [0.3, 0.4) is 0 Å². The van der Waals surface area contributed by atoms with Gasteiger partial charge in [-0.2, -0.15) is 0 Å². The first kappa shape index (κ1) is 19.1. The summed E-state index contributed by atoms with van der Waals surface area (Å²) in [6.07, 6.45) is 0. The van der Waals surface area contributed by atoms with E-state index >= 15 is 0 Å². The van der Waals surface area contributed by atoms with Crippen LogP contribution < -0.4 is 14.8 Å². The molecule has 0 radical (unpaired) electrons. The van der Waals surface area contributed by atoms with Gasteiger partial charge in [-0.05, 0) is 50.6 Å². The first-order valence-corrected chi connectivity index (χ1v) is 8.14. The van der Waals surface area contributed by atoms with Crippen molar-refractivity contribution in [2.45, 2.75) is 20.8 Å². The lowest BCUT2D eigenvalue weighted by molar-refractivity contribution is 0.0693. The van der Waals surface area contributed by atoms with Crippen LogP contribution in [0.5, 0.6) is 17.2 Å². The predicted octanol–water partition coefficient (Wildman–Crippen LogP) is 3.45. The Morgan fingerprint density at radius 2 is 1.58 bits per heavy atom. The second kappa shape index (κ2) is 8.24. The average Bonchev–Trinajstić information content (AvgIpc) is 2.58. The van der Waals surface area contributed by atoms with Crippen LogP contribution in [0.25, 0.3) is 0 Å². The minimum Gasteiger partial charge on any atom is -0.507 e. The molecule has 0 bridgehead atoms. The fourth-order valence-electron chi connectivity index (χ4n) is 2.42. The van der Waals surface area contributed by atoms with Gasteiger partial charge in [0.05, 0.1) is 13.2 Å². The summed E-state index contributed by atoms with van der Waals surface area (Å²) in [5.41, 5.74) is 0.640. The normalized spacial score (nSPS) is 10.3. The Kier molecular flexibility index (Phi) is 6.06. The molecule has 0 atom stereocenters. The van der Waals surface area contributed by atoms with Crippen molar-refractivity contribution < 1.29 is 29.3 Å². The number of aromatic hydroxyl groups is 1. The Bertz CT molecular complexity index is 807. The third-order valence-corrected chi connectivity index (χ3v) is 3.55. The van der Waals surface area contributed by atoms with Crippen molar-refractivity contribution in [3.05, 3.63) is 47.0 Å². The van der Waals surface area contributed by atoms with Gasteiger partial charge < -0.3 is 25.0 Å². The zero-order valence-electron chi connectivity index (χ0n) is 14.8. The van der Waals surface area contributed by atoms with E-state index in [1.54, 1.807) is 25.1 Å². The highest BCUT2D eigenvalue weighted by Gasteiger charge is 2.16. The number of nitrogens with one attached hydrogen (secondary N) is 1. The molecule has 3 N–H and O–H groups in total. The first-order chi connectivity index (χ1) is 12.3. The predicted molar refractivity (Wildman–Crippen MR) is 96.5 cm³/mol. The number of phenols is 1. The van der Waals surface area contributed by atoms with Crippen molar-refractivity contribution in [1.82, 2.24) is 0 Å². The summed E-state index contributed by atoms with van der Waals surface area (Å²) in [4.78, 5) is 23.8. The summed E-state index contributed by atoms with van der Waals surface area (Å²) in [6, 6.07) is 7.55. The van der Waals surface area contributed by atoms with Gasteiger partial charge in [0.15, 0.2) is 0 Å². The van der Waals surface area contributed by atoms with E-state index in [4.69, 9.17) is 14.6 Å². The van der Waals surface area contributed by atoms with E-state index in [9.17, 15) is 14.7 Å². The Balaban J connectivity index is 2.33. The molecule has 2 aromatic carbocycles. The van der Waals surface area contributed by atoms with E-state index in [0.717, 1.165) is 0 Å². The molecule has 0 heterocycles. The zero-order valence-corrected chi connectivity index (χ0v) is 14.8. The number of ether oxygens (including phenoxy) is 2.